The molecule has 0 unspecified atom stereocenters. The standard InChI is InChI=1S/C19H38F6NO5PS2/c1-5-8-11-14-32(17-31-4,15-12-9-6-2,16-13-10-7-3)26(33(27,28)18(20,21)22)34(29,30)19(23,24)25/h5-17H2,1-4H3. The van der Waals surface area contributed by atoms with E-state index in [0.717, 1.165) is 7.11 Å². The van der Waals surface area contributed by atoms with Gasteiger partial charge in [-0.15, -0.1) is 0 Å². The molecule has 0 atom stereocenters. The molecule has 0 aliphatic heterocycles. The molecule has 15 heteroatoms. The van der Waals surface area contributed by atoms with Crippen LogP contribution < -0.4 is 0 Å². The van der Waals surface area contributed by atoms with Gasteiger partial charge in [0.25, 0.3) is 0 Å². The van der Waals surface area contributed by atoms with E-state index in [1.54, 1.807) is 20.8 Å². The molecular weight excluding hydrogens is 531 g/mol. The first-order valence-corrected chi connectivity index (χ1v) is 17.2. The Hall–Kier alpha value is -0.170. The van der Waals surface area contributed by atoms with E-state index in [-0.39, 0.29) is 19.3 Å². The quantitative estimate of drug-likeness (QED) is 0.112. The second-order valence-electron chi connectivity index (χ2n) is 8.70. The van der Waals surface area contributed by atoms with Gasteiger partial charge in [0.1, 0.15) is 0 Å². The number of methoxy groups -OCH3 is 1. The molecule has 0 rings (SSSR count). The molecule has 0 aliphatic rings. The summed E-state index contributed by atoms with van der Waals surface area (Å²) in [4.78, 5) is 0. The molecule has 208 valence electrons. The van der Waals surface area contributed by atoms with E-state index < -0.39 is 66.1 Å². The Morgan fingerprint density at radius 3 is 1.15 bits per heavy atom. The number of rotatable bonds is 17. The number of sulfonamides is 2. The third-order valence-corrected chi connectivity index (χ3v) is 19.4. The molecule has 0 saturated heterocycles. The number of alkyl halides is 6. The van der Waals surface area contributed by atoms with Crippen molar-refractivity contribution in [2.75, 3.05) is 31.9 Å². The normalized spacial score (nSPS) is 15.4. The molecule has 0 heterocycles. The van der Waals surface area contributed by atoms with Gasteiger partial charge in [0.15, 0.2) is 0 Å². The molecule has 0 aromatic rings. The summed E-state index contributed by atoms with van der Waals surface area (Å²) in [7, 11) is -12.8. The summed E-state index contributed by atoms with van der Waals surface area (Å²) in [5.74, 6) is 0. The Labute approximate surface area is 199 Å². The first kappa shape index (κ1) is 33.8. The van der Waals surface area contributed by atoms with Crippen molar-refractivity contribution in [2.45, 2.75) is 89.6 Å². The third-order valence-electron chi connectivity index (χ3n) is 5.93. The van der Waals surface area contributed by atoms with E-state index in [0.29, 0.717) is 38.5 Å². The van der Waals surface area contributed by atoms with Gasteiger partial charge in [-0.05, 0) is 0 Å². The predicted molar refractivity (Wildman–Crippen MR) is 124 cm³/mol. The monoisotopic (exact) mass is 569 g/mol. The summed E-state index contributed by atoms with van der Waals surface area (Å²) in [5, 5.41) is 0. The third kappa shape index (κ3) is 7.43. The summed E-state index contributed by atoms with van der Waals surface area (Å²) in [6, 6.07) is 0. The molecule has 0 amide bonds. The minimum atomic E-state index is -6.93. The fourth-order valence-corrected chi connectivity index (χ4v) is 18.9. The Kier molecular flexibility index (Phi) is 12.8. The maximum absolute atomic E-state index is 13.8. The fraction of sp³-hybridized carbons (Fsp3) is 1.00. The van der Waals surface area contributed by atoms with Gasteiger partial charge in [-0.3, -0.25) is 0 Å². The van der Waals surface area contributed by atoms with Crippen LogP contribution in [-0.2, 0) is 24.8 Å². The van der Waals surface area contributed by atoms with E-state index in [4.69, 9.17) is 4.74 Å². The summed E-state index contributed by atoms with van der Waals surface area (Å²) in [6.07, 6.45) is 1.02. The zero-order valence-corrected chi connectivity index (χ0v) is 22.7. The zero-order valence-electron chi connectivity index (χ0n) is 20.2. The van der Waals surface area contributed by atoms with Crippen LogP contribution in [0.1, 0.15) is 78.6 Å². The molecule has 6 nitrogen and oxygen atoms in total. The topological polar surface area (TPSA) is 80.8 Å². The number of hydrogen-bond donors (Lipinski definition) is 0. The molecule has 0 saturated carbocycles. The first-order chi connectivity index (χ1) is 15.4. The fourth-order valence-electron chi connectivity index (χ4n) is 4.37. The summed E-state index contributed by atoms with van der Waals surface area (Å²) < 4.78 is 138. The molecule has 0 aromatic heterocycles. The van der Waals surface area contributed by atoms with E-state index in [9.17, 15) is 43.2 Å². The number of ether oxygens (including phenoxy) is 1. The molecule has 34 heavy (non-hydrogen) atoms. The van der Waals surface area contributed by atoms with E-state index in [1.165, 1.54) is 0 Å². The van der Waals surface area contributed by atoms with Gasteiger partial charge in [0.05, 0.1) is 0 Å². The molecule has 0 N–H and O–H groups in total. The van der Waals surface area contributed by atoms with Crippen LogP contribution >= 0.6 is 6.75 Å². The van der Waals surface area contributed by atoms with E-state index in [2.05, 4.69) is 0 Å². The van der Waals surface area contributed by atoms with Crippen molar-refractivity contribution in [1.29, 1.82) is 0 Å². The Balaban J connectivity index is 7.70. The van der Waals surface area contributed by atoms with Gasteiger partial charge in [-0.1, -0.05) is 0 Å². The average Bonchev–Trinajstić information content (AvgIpc) is 2.67. The molecular formula is C19H38F6NO5PS2. The molecule has 0 bridgehead atoms. The van der Waals surface area contributed by atoms with Crippen LogP contribution in [0.3, 0.4) is 0 Å². The molecule has 0 spiro atoms. The Morgan fingerprint density at radius 2 is 0.941 bits per heavy atom. The molecule has 0 aliphatic carbocycles. The Bertz CT molecular complexity index is 758. The van der Waals surface area contributed by atoms with Crippen molar-refractivity contribution < 1.29 is 47.9 Å². The van der Waals surface area contributed by atoms with Crippen molar-refractivity contribution >= 4 is 26.8 Å². The maximum atomic E-state index is 13.8. The van der Waals surface area contributed by atoms with Crippen LogP contribution in [0.2, 0.25) is 0 Å². The summed E-state index contributed by atoms with van der Waals surface area (Å²) in [6.45, 7) is 0.177. The van der Waals surface area contributed by atoms with Crippen LogP contribution in [0.5, 0.6) is 0 Å². The van der Waals surface area contributed by atoms with Crippen molar-refractivity contribution in [1.82, 2.24) is 3.48 Å². The van der Waals surface area contributed by atoms with Gasteiger partial charge < -0.3 is 0 Å². The molecule has 0 radical (unpaired) electrons. The molecule has 0 aromatic carbocycles. The van der Waals surface area contributed by atoms with Crippen LogP contribution in [0, 0.1) is 0 Å². The summed E-state index contributed by atoms with van der Waals surface area (Å²) in [5.41, 5.74) is -12.5. The van der Waals surface area contributed by atoms with Crippen LogP contribution in [-0.4, -0.2) is 63.3 Å². The van der Waals surface area contributed by atoms with Gasteiger partial charge in [0, 0.05) is 0 Å². The second kappa shape index (κ2) is 12.9. The molecule has 0 fully saturated rings. The van der Waals surface area contributed by atoms with Gasteiger partial charge in [0.2, 0.25) is 0 Å². The summed E-state index contributed by atoms with van der Waals surface area (Å²) >= 11 is 0. The van der Waals surface area contributed by atoms with Crippen LogP contribution in [0.4, 0.5) is 26.3 Å². The average molecular weight is 570 g/mol. The van der Waals surface area contributed by atoms with E-state index in [1.807, 2.05) is 0 Å². The first-order valence-electron chi connectivity index (χ1n) is 11.4. The number of nitrogens with zero attached hydrogens (tertiary/aromatic N) is 1. The predicted octanol–water partition coefficient (Wildman–Crippen LogP) is 6.63. The number of halogens is 6. The SMILES string of the molecule is CCCCCP(CCCCC)(CCCCC)(COC)N(S(=O)(=O)C(F)(F)F)S(=O)(=O)C(F)(F)F. The Morgan fingerprint density at radius 1 is 0.647 bits per heavy atom. The minimum absolute atomic E-state index is 0.0766. The van der Waals surface area contributed by atoms with Crippen molar-refractivity contribution in [3.8, 4) is 0 Å². The van der Waals surface area contributed by atoms with Gasteiger partial charge >= 0.3 is 200 Å². The van der Waals surface area contributed by atoms with E-state index >= 15 is 0 Å². The van der Waals surface area contributed by atoms with Gasteiger partial charge in [-0.2, -0.15) is 0 Å². The van der Waals surface area contributed by atoms with Crippen molar-refractivity contribution in [3.63, 3.8) is 0 Å². The number of unbranched alkanes of at least 4 members (excludes halogenated alkanes) is 6. The van der Waals surface area contributed by atoms with Crippen molar-refractivity contribution in [3.05, 3.63) is 0 Å². The second-order valence-corrected chi connectivity index (χ2v) is 18.8. The van der Waals surface area contributed by atoms with Gasteiger partial charge in [-0.25, -0.2) is 0 Å². The van der Waals surface area contributed by atoms with Crippen molar-refractivity contribution in [2.24, 2.45) is 0 Å². The van der Waals surface area contributed by atoms with Crippen LogP contribution in [0.25, 0.3) is 0 Å². The number of hydrogen-bond acceptors (Lipinski definition) is 5. The van der Waals surface area contributed by atoms with Crippen LogP contribution in [0.15, 0.2) is 0 Å². The zero-order chi connectivity index (χ0) is 26.9.